The third-order valence-corrected chi connectivity index (χ3v) is 4.55. The molecule has 0 aliphatic carbocycles. The van der Waals surface area contributed by atoms with Crippen LogP contribution >= 0.6 is 0 Å². The Morgan fingerprint density at radius 1 is 1.50 bits per heavy atom. The highest BCUT2D eigenvalue weighted by Crippen LogP contribution is 2.30. The van der Waals surface area contributed by atoms with Crippen LogP contribution in [0.25, 0.3) is 0 Å². The summed E-state index contributed by atoms with van der Waals surface area (Å²) in [6.45, 7) is 4.96. The molecule has 130 valence electrons. The molecule has 2 aromatic rings. The Morgan fingerprint density at radius 3 is 3.00 bits per heavy atom. The number of piperidine rings is 1. The molecular weight excluding hydrogens is 308 g/mol. The molecule has 3 heterocycles. The van der Waals surface area contributed by atoms with E-state index in [4.69, 9.17) is 4.42 Å². The van der Waals surface area contributed by atoms with Gasteiger partial charge in [-0.1, -0.05) is 5.21 Å². The largest absolute Gasteiger partial charge is 0.472 e. The number of carbonyl (C=O) groups is 1. The molecule has 0 unspecified atom stereocenters. The van der Waals surface area contributed by atoms with Crippen molar-refractivity contribution < 1.29 is 14.3 Å². The summed E-state index contributed by atoms with van der Waals surface area (Å²) in [5.41, 5.74) is 0.440. The van der Waals surface area contributed by atoms with E-state index in [2.05, 4.69) is 10.3 Å². The van der Waals surface area contributed by atoms with Gasteiger partial charge in [-0.2, -0.15) is 0 Å². The van der Waals surface area contributed by atoms with Gasteiger partial charge in [-0.25, -0.2) is 4.68 Å². The Balaban J connectivity index is 1.65. The second-order valence-corrected chi connectivity index (χ2v) is 6.76. The molecule has 7 nitrogen and oxygen atoms in total. The maximum absolute atomic E-state index is 12.5. The van der Waals surface area contributed by atoms with Gasteiger partial charge >= 0.3 is 0 Å². The van der Waals surface area contributed by atoms with Crippen LogP contribution < -0.4 is 0 Å². The minimum atomic E-state index is -1.11. The van der Waals surface area contributed by atoms with Gasteiger partial charge in [-0.15, -0.1) is 5.10 Å². The summed E-state index contributed by atoms with van der Waals surface area (Å²) in [6.07, 6.45) is 7.45. The van der Waals surface area contributed by atoms with Gasteiger partial charge in [0.2, 0.25) is 5.91 Å². The lowest BCUT2D eigenvalue weighted by atomic mass is 9.89. The van der Waals surface area contributed by atoms with E-state index in [1.54, 1.807) is 28.3 Å². The molecule has 1 fully saturated rings. The van der Waals surface area contributed by atoms with Crippen molar-refractivity contribution in [2.45, 2.75) is 51.2 Å². The van der Waals surface area contributed by atoms with Crippen LogP contribution in [0.3, 0.4) is 0 Å². The first-order chi connectivity index (χ1) is 11.5. The number of nitrogens with zero attached hydrogens (tertiary/aromatic N) is 4. The summed E-state index contributed by atoms with van der Waals surface area (Å²) in [5.74, 6) is 0.0468. The van der Waals surface area contributed by atoms with Gasteiger partial charge in [-0.3, -0.25) is 4.79 Å². The number of rotatable bonds is 5. The van der Waals surface area contributed by atoms with Gasteiger partial charge in [0.05, 0.1) is 25.3 Å². The van der Waals surface area contributed by atoms with Crippen molar-refractivity contribution in [3.05, 3.63) is 36.0 Å². The molecule has 1 aliphatic heterocycles. The molecule has 2 aromatic heterocycles. The minimum absolute atomic E-state index is 0.0468. The van der Waals surface area contributed by atoms with Crippen LogP contribution in [-0.2, 0) is 16.8 Å². The van der Waals surface area contributed by atoms with Gasteiger partial charge in [-0.05, 0) is 44.7 Å². The number of aliphatic hydroxyl groups is 1. The topological polar surface area (TPSA) is 84.4 Å². The zero-order valence-electron chi connectivity index (χ0n) is 14.2. The van der Waals surface area contributed by atoms with E-state index < -0.39 is 5.60 Å². The highest BCUT2D eigenvalue weighted by Gasteiger charge is 2.39. The van der Waals surface area contributed by atoms with Crippen molar-refractivity contribution in [1.29, 1.82) is 0 Å². The molecule has 7 heteroatoms. The summed E-state index contributed by atoms with van der Waals surface area (Å²) in [6, 6.07) is 2.05. The number of hydrogen-bond acceptors (Lipinski definition) is 5. The Bertz CT molecular complexity index is 680. The van der Waals surface area contributed by atoms with E-state index in [0.29, 0.717) is 31.5 Å². The Kier molecular flexibility index (Phi) is 4.71. The van der Waals surface area contributed by atoms with Crippen molar-refractivity contribution in [2.24, 2.45) is 0 Å². The molecule has 24 heavy (non-hydrogen) atoms. The highest BCUT2D eigenvalue weighted by atomic mass is 16.3. The van der Waals surface area contributed by atoms with Crippen LogP contribution in [-0.4, -0.2) is 44.0 Å². The Morgan fingerprint density at radius 2 is 2.33 bits per heavy atom. The number of hydrogen-bond donors (Lipinski definition) is 1. The first-order valence-corrected chi connectivity index (χ1v) is 8.41. The van der Waals surface area contributed by atoms with Crippen LogP contribution in [0.5, 0.6) is 0 Å². The van der Waals surface area contributed by atoms with E-state index in [0.717, 1.165) is 12.0 Å². The molecule has 1 amide bonds. The van der Waals surface area contributed by atoms with Crippen molar-refractivity contribution in [1.82, 2.24) is 19.9 Å². The molecule has 1 saturated heterocycles. The van der Waals surface area contributed by atoms with Crippen LogP contribution in [0.2, 0.25) is 0 Å². The summed E-state index contributed by atoms with van der Waals surface area (Å²) in [7, 11) is 0. The van der Waals surface area contributed by atoms with Crippen LogP contribution in [0, 0.1) is 0 Å². The molecular formula is C17H24N4O3. The second kappa shape index (κ2) is 6.76. The average Bonchev–Trinajstić information content (AvgIpc) is 3.24. The molecule has 1 atom stereocenters. The standard InChI is InChI=1S/C17H24N4O3/c1-13(2)21-10-15(18-19-21)17(23)7-3-8-20(12-17)16(22)5-4-14-6-9-24-11-14/h6,9-11,13,23H,3-5,7-8,12H2,1-2H3/t17-/m1/s1. The summed E-state index contributed by atoms with van der Waals surface area (Å²) in [5, 5.41) is 19.2. The fraction of sp³-hybridized carbons (Fsp3) is 0.588. The lowest BCUT2D eigenvalue weighted by molar-refractivity contribution is -0.139. The van der Waals surface area contributed by atoms with Crippen molar-refractivity contribution in [2.75, 3.05) is 13.1 Å². The SMILES string of the molecule is CC(C)n1cc([C@@]2(O)CCCN(C(=O)CCc3ccoc3)C2)nn1. The molecule has 0 radical (unpaired) electrons. The van der Waals surface area contributed by atoms with Crippen molar-refractivity contribution in [3.8, 4) is 0 Å². The highest BCUT2D eigenvalue weighted by molar-refractivity contribution is 5.76. The number of β-amino-alcohol motifs (C(OH)–C–C–N with tert-alkyl or cyclic N) is 1. The maximum Gasteiger partial charge on any atom is 0.223 e. The number of aromatic nitrogens is 3. The van der Waals surface area contributed by atoms with Gasteiger partial charge in [0.25, 0.3) is 0 Å². The predicted octanol–water partition coefficient (Wildman–Crippen LogP) is 1.89. The smallest absolute Gasteiger partial charge is 0.223 e. The van der Waals surface area contributed by atoms with E-state index in [9.17, 15) is 9.90 Å². The van der Waals surface area contributed by atoms with E-state index in [1.165, 1.54) is 0 Å². The van der Waals surface area contributed by atoms with Crippen molar-refractivity contribution in [3.63, 3.8) is 0 Å². The molecule has 0 saturated carbocycles. The Labute approximate surface area is 141 Å². The third-order valence-electron chi connectivity index (χ3n) is 4.55. The fourth-order valence-electron chi connectivity index (χ4n) is 3.04. The van der Waals surface area contributed by atoms with Crippen molar-refractivity contribution >= 4 is 5.91 Å². The number of carbonyl (C=O) groups excluding carboxylic acids is 1. The van der Waals surface area contributed by atoms with Gasteiger partial charge in [0, 0.05) is 19.0 Å². The van der Waals surface area contributed by atoms with E-state index >= 15 is 0 Å². The maximum atomic E-state index is 12.5. The van der Waals surface area contributed by atoms with Crippen LogP contribution in [0.15, 0.2) is 29.2 Å². The number of amides is 1. The Hall–Kier alpha value is -2.15. The van der Waals surface area contributed by atoms with E-state index in [1.807, 2.05) is 19.9 Å². The minimum Gasteiger partial charge on any atom is -0.472 e. The fourth-order valence-corrected chi connectivity index (χ4v) is 3.04. The number of aryl methyl sites for hydroxylation is 1. The quantitative estimate of drug-likeness (QED) is 0.904. The zero-order chi connectivity index (χ0) is 17.2. The average molecular weight is 332 g/mol. The van der Waals surface area contributed by atoms with Crippen LogP contribution in [0.1, 0.15) is 50.4 Å². The first kappa shape index (κ1) is 16.7. The lowest BCUT2D eigenvalue weighted by Gasteiger charge is -2.38. The van der Waals surface area contributed by atoms with Gasteiger partial charge in [0.15, 0.2) is 0 Å². The van der Waals surface area contributed by atoms with Gasteiger partial charge < -0.3 is 14.4 Å². The molecule has 0 aromatic carbocycles. The van der Waals surface area contributed by atoms with Crippen LogP contribution in [0.4, 0.5) is 0 Å². The lowest BCUT2D eigenvalue weighted by Crippen LogP contribution is -2.48. The second-order valence-electron chi connectivity index (χ2n) is 6.76. The monoisotopic (exact) mass is 332 g/mol. The normalized spacial score (nSPS) is 21.4. The molecule has 3 rings (SSSR count). The summed E-state index contributed by atoms with van der Waals surface area (Å²) >= 11 is 0. The number of likely N-dealkylation sites (tertiary alicyclic amines) is 1. The predicted molar refractivity (Wildman–Crippen MR) is 87.1 cm³/mol. The molecule has 1 aliphatic rings. The van der Waals surface area contributed by atoms with E-state index in [-0.39, 0.29) is 18.5 Å². The first-order valence-electron chi connectivity index (χ1n) is 8.41. The molecule has 0 spiro atoms. The summed E-state index contributed by atoms with van der Waals surface area (Å²) in [4.78, 5) is 14.2. The number of furan rings is 1. The van der Waals surface area contributed by atoms with Gasteiger partial charge in [0.1, 0.15) is 11.3 Å². The third kappa shape index (κ3) is 3.51. The summed E-state index contributed by atoms with van der Waals surface area (Å²) < 4.78 is 6.75. The molecule has 0 bridgehead atoms. The zero-order valence-corrected chi connectivity index (χ0v) is 14.2. The molecule has 1 N–H and O–H groups in total.